The average Bonchev–Trinajstić information content (AvgIpc) is 2.72. The number of hydrogen-bond donors (Lipinski definition) is 2. The van der Waals surface area contributed by atoms with Crippen LogP contribution < -0.4 is 20.9 Å². The van der Waals surface area contributed by atoms with Crippen molar-refractivity contribution in [2.75, 3.05) is 17.2 Å². The highest BCUT2D eigenvalue weighted by atomic mass is 16.5. The van der Waals surface area contributed by atoms with Gasteiger partial charge in [-0.25, -0.2) is 4.79 Å². The highest BCUT2D eigenvalue weighted by molar-refractivity contribution is 5.99. The Bertz CT molecular complexity index is 1010. The van der Waals surface area contributed by atoms with E-state index in [0.29, 0.717) is 23.7 Å². The van der Waals surface area contributed by atoms with Gasteiger partial charge in [-0.05, 0) is 55.8 Å². The molecular formula is C22H24N4O3. The number of nitrogens with zero attached hydrogens (tertiary/aromatic N) is 2. The number of hydrogen-bond acceptors (Lipinski definition) is 4. The van der Waals surface area contributed by atoms with E-state index in [4.69, 9.17) is 4.74 Å². The SMILES string of the molecule is CCCCOc1ccc(NC(=O)Nc2cc(C)nn(-c3ccccc3)c2=O)cc1. The molecule has 0 spiro atoms. The lowest BCUT2D eigenvalue weighted by molar-refractivity contribution is 0.262. The highest BCUT2D eigenvalue weighted by Crippen LogP contribution is 2.16. The standard InChI is InChI=1S/C22H24N4O3/c1-3-4-14-29-19-12-10-17(11-13-19)23-22(28)24-20-15-16(2)25-26(21(20)27)18-8-6-5-7-9-18/h5-13,15H,3-4,14H2,1-2H3,(H2,23,24,28). The van der Waals surface area contributed by atoms with Gasteiger partial charge in [0.25, 0.3) is 5.56 Å². The van der Waals surface area contributed by atoms with Gasteiger partial charge in [0.2, 0.25) is 0 Å². The van der Waals surface area contributed by atoms with Crippen LogP contribution in [0.3, 0.4) is 0 Å². The van der Waals surface area contributed by atoms with E-state index in [-0.39, 0.29) is 5.69 Å². The van der Waals surface area contributed by atoms with Crippen LogP contribution in [0, 0.1) is 6.92 Å². The fraction of sp³-hybridized carbons (Fsp3) is 0.227. The van der Waals surface area contributed by atoms with Crippen LogP contribution in [0.5, 0.6) is 5.75 Å². The normalized spacial score (nSPS) is 10.4. The molecule has 150 valence electrons. The van der Waals surface area contributed by atoms with Crippen LogP contribution in [0.1, 0.15) is 25.5 Å². The summed E-state index contributed by atoms with van der Waals surface area (Å²) >= 11 is 0. The summed E-state index contributed by atoms with van der Waals surface area (Å²) in [4.78, 5) is 25.1. The van der Waals surface area contributed by atoms with Gasteiger partial charge in [0, 0.05) is 5.69 Å². The summed E-state index contributed by atoms with van der Waals surface area (Å²) in [7, 11) is 0. The van der Waals surface area contributed by atoms with Crippen molar-refractivity contribution in [2.45, 2.75) is 26.7 Å². The third-order valence-corrected chi connectivity index (χ3v) is 4.16. The Hall–Kier alpha value is -3.61. The number of para-hydroxylation sites is 1. The molecule has 29 heavy (non-hydrogen) atoms. The number of anilines is 2. The van der Waals surface area contributed by atoms with Crippen LogP contribution in [-0.2, 0) is 0 Å². The first-order valence-electron chi connectivity index (χ1n) is 9.54. The Morgan fingerprint density at radius 1 is 1.07 bits per heavy atom. The van der Waals surface area contributed by atoms with Crippen LogP contribution in [0.2, 0.25) is 0 Å². The largest absolute Gasteiger partial charge is 0.494 e. The molecule has 2 N–H and O–H groups in total. The molecular weight excluding hydrogens is 368 g/mol. The molecule has 2 aromatic carbocycles. The van der Waals surface area contributed by atoms with Gasteiger partial charge in [-0.1, -0.05) is 31.5 Å². The van der Waals surface area contributed by atoms with Gasteiger partial charge < -0.3 is 15.4 Å². The smallest absolute Gasteiger partial charge is 0.323 e. The zero-order chi connectivity index (χ0) is 20.6. The number of ether oxygens (including phenoxy) is 1. The first kappa shape index (κ1) is 20.1. The lowest BCUT2D eigenvalue weighted by Gasteiger charge is -2.11. The first-order valence-corrected chi connectivity index (χ1v) is 9.54. The lowest BCUT2D eigenvalue weighted by Crippen LogP contribution is -2.29. The van der Waals surface area contributed by atoms with Crippen molar-refractivity contribution in [3.63, 3.8) is 0 Å². The van der Waals surface area contributed by atoms with Crippen molar-refractivity contribution >= 4 is 17.4 Å². The van der Waals surface area contributed by atoms with Crippen molar-refractivity contribution in [1.29, 1.82) is 0 Å². The molecule has 0 saturated carbocycles. The number of nitrogens with one attached hydrogen (secondary N) is 2. The number of benzene rings is 2. The van der Waals surface area contributed by atoms with E-state index >= 15 is 0 Å². The van der Waals surface area contributed by atoms with Crippen LogP contribution >= 0.6 is 0 Å². The number of unbranched alkanes of at least 4 members (excludes halogenated alkanes) is 1. The van der Waals surface area contributed by atoms with Crippen LogP contribution in [-0.4, -0.2) is 22.4 Å². The van der Waals surface area contributed by atoms with E-state index in [1.165, 1.54) is 4.68 Å². The Morgan fingerprint density at radius 3 is 2.48 bits per heavy atom. The average molecular weight is 392 g/mol. The second-order valence-corrected chi connectivity index (χ2v) is 6.56. The van der Waals surface area contributed by atoms with Gasteiger partial charge >= 0.3 is 6.03 Å². The molecule has 3 aromatic rings. The summed E-state index contributed by atoms with van der Waals surface area (Å²) < 4.78 is 6.88. The molecule has 0 bridgehead atoms. The molecule has 2 amide bonds. The summed E-state index contributed by atoms with van der Waals surface area (Å²) in [6.07, 6.45) is 2.06. The number of aryl methyl sites for hydroxylation is 1. The van der Waals surface area contributed by atoms with Crippen LogP contribution in [0.25, 0.3) is 5.69 Å². The topological polar surface area (TPSA) is 85.2 Å². The minimum absolute atomic E-state index is 0.151. The molecule has 1 aromatic heterocycles. The predicted molar refractivity (Wildman–Crippen MR) is 114 cm³/mol. The summed E-state index contributed by atoms with van der Waals surface area (Å²) in [6, 6.07) is 17.2. The van der Waals surface area contributed by atoms with Crippen molar-refractivity contribution in [2.24, 2.45) is 0 Å². The Labute approximate surface area is 169 Å². The molecule has 0 atom stereocenters. The molecule has 0 unspecified atom stereocenters. The Kier molecular flexibility index (Phi) is 6.63. The first-order chi connectivity index (χ1) is 14.1. The lowest BCUT2D eigenvalue weighted by atomic mass is 10.3. The van der Waals surface area contributed by atoms with Crippen LogP contribution in [0.15, 0.2) is 65.5 Å². The number of rotatable bonds is 7. The van der Waals surface area contributed by atoms with E-state index in [1.54, 1.807) is 49.4 Å². The fourth-order valence-corrected chi connectivity index (χ4v) is 2.70. The molecule has 7 heteroatoms. The fourth-order valence-electron chi connectivity index (χ4n) is 2.70. The minimum atomic E-state index is -0.507. The maximum Gasteiger partial charge on any atom is 0.323 e. The molecule has 0 saturated heterocycles. The monoisotopic (exact) mass is 392 g/mol. The summed E-state index contributed by atoms with van der Waals surface area (Å²) in [5.41, 5.74) is 1.58. The third kappa shape index (κ3) is 5.44. The highest BCUT2D eigenvalue weighted by Gasteiger charge is 2.11. The number of amides is 2. The van der Waals surface area contributed by atoms with E-state index in [1.807, 2.05) is 18.2 Å². The number of carbonyl (C=O) groups is 1. The molecule has 1 heterocycles. The number of aromatic nitrogens is 2. The van der Waals surface area contributed by atoms with E-state index in [0.717, 1.165) is 18.6 Å². The molecule has 0 aliphatic heterocycles. The molecule has 3 rings (SSSR count). The summed E-state index contributed by atoms with van der Waals surface area (Å²) in [5, 5.41) is 9.58. The predicted octanol–water partition coefficient (Wildman–Crippen LogP) is 4.36. The molecule has 0 fully saturated rings. The van der Waals surface area contributed by atoms with Crippen molar-refractivity contribution in [3.8, 4) is 11.4 Å². The Morgan fingerprint density at radius 2 is 1.79 bits per heavy atom. The third-order valence-electron chi connectivity index (χ3n) is 4.16. The molecule has 0 radical (unpaired) electrons. The maximum absolute atomic E-state index is 12.7. The van der Waals surface area contributed by atoms with Crippen LogP contribution in [0.4, 0.5) is 16.2 Å². The second kappa shape index (κ2) is 9.54. The number of urea groups is 1. The minimum Gasteiger partial charge on any atom is -0.494 e. The van der Waals surface area contributed by atoms with Gasteiger partial charge in [0.15, 0.2) is 0 Å². The number of carbonyl (C=O) groups excluding carboxylic acids is 1. The maximum atomic E-state index is 12.7. The van der Waals surface area contributed by atoms with Crippen molar-refractivity contribution in [3.05, 3.63) is 76.7 Å². The van der Waals surface area contributed by atoms with Gasteiger partial charge in [-0.3, -0.25) is 4.79 Å². The quantitative estimate of drug-likeness (QED) is 0.585. The second-order valence-electron chi connectivity index (χ2n) is 6.56. The molecule has 0 aliphatic carbocycles. The summed E-state index contributed by atoms with van der Waals surface area (Å²) in [5.74, 6) is 0.750. The Balaban J connectivity index is 1.69. The van der Waals surface area contributed by atoms with Gasteiger partial charge in [-0.2, -0.15) is 9.78 Å². The van der Waals surface area contributed by atoms with E-state index < -0.39 is 11.6 Å². The summed E-state index contributed by atoms with van der Waals surface area (Å²) in [6.45, 7) is 4.53. The van der Waals surface area contributed by atoms with Gasteiger partial charge in [0.1, 0.15) is 11.4 Å². The van der Waals surface area contributed by atoms with Gasteiger partial charge in [-0.15, -0.1) is 0 Å². The van der Waals surface area contributed by atoms with Gasteiger partial charge in [0.05, 0.1) is 18.0 Å². The molecule has 0 aliphatic rings. The van der Waals surface area contributed by atoms with Crippen molar-refractivity contribution < 1.29 is 9.53 Å². The van der Waals surface area contributed by atoms with Crippen molar-refractivity contribution in [1.82, 2.24) is 9.78 Å². The van der Waals surface area contributed by atoms with E-state index in [2.05, 4.69) is 22.7 Å². The zero-order valence-electron chi connectivity index (χ0n) is 16.5. The zero-order valence-corrected chi connectivity index (χ0v) is 16.5. The molecule has 7 nitrogen and oxygen atoms in total. The van der Waals surface area contributed by atoms with E-state index in [9.17, 15) is 9.59 Å².